The number of aromatic nitrogens is 2. The first-order valence-corrected chi connectivity index (χ1v) is 8.86. The van der Waals surface area contributed by atoms with Crippen LogP contribution in [0.1, 0.15) is 47.8 Å². The van der Waals surface area contributed by atoms with E-state index in [4.69, 9.17) is 9.26 Å². The topological polar surface area (TPSA) is 80.5 Å². The molecule has 2 aliphatic rings. The van der Waals surface area contributed by atoms with E-state index in [0.29, 0.717) is 11.6 Å². The van der Waals surface area contributed by atoms with Crippen molar-refractivity contribution < 1.29 is 14.1 Å². The van der Waals surface area contributed by atoms with Crippen LogP contribution in [0.25, 0.3) is 0 Å². The number of morpholine rings is 1. The molecule has 0 unspecified atom stereocenters. The lowest BCUT2D eigenvalue weighted by Gasteiger charge is -2.27. The summed E-state index contributed by atoms with van der Waals surface area (Å²) in [6.45, 7) is 3.10. The Hall–Kier alpha value is -2.41. The lowest BCUT2D eigenvalue weighted by molar-refractivity contribution is 0.0987. The first-order chi connectivity index (χ1) is 12.3. The second kappa shape index (κ2) is 7.23. The van der Waals surface area contributed by atoms with Gasteiger partial charge in [-0.25, -0.2) is 4.98 Å². The molecule has 1 saturated carbocycles. The monoisotopic (exact) mass is 342 g/mol. The zero-order valence-corrected chi connectivity index (χ0v) is 14.1. The highest BCUT2D eigenvalue weighted by Crippen LogP contribution is 2.33. The Morgan fingerprint density at radius 2 is 2.00 bits per heavy atom. The van der Waals surface area contributed by atoms with Crippen molar-refractivity contribution in [1.82, 2.24) is 10.1 Å². The standard InChI is InChI=1S/C18H22N4O3/c23-18(16-11-15(21-25-16)13-3-1-2-4-13)20-14-5-6-17(19-12-14)22-7-9-24-10-8-22/h5-6,11-13H,1-4,7-10H2,(H,20,23). The van der Waals surface area contributed by atoms with Gasteiger partial charge < -0.3 is 19.5 Å². The maximum Gasteiger partial charge on any atom is 0.294 e. The van der Waals surface area contributed by atoms with Gasteiger partial charge in [0.2, 0.25) is 5.76 Å². The number of carbonyl (C=O) groups is 1. The zero-order chi connectivity index (χ0) is 17.1. The number of pyridine rings is 1. The van der Waals surface area contributed by atoms with Crippen molar-refractivity contribution in [3.05, 3.63) is 35.9 Å². The molecule has 1 aliphatic heterocycles. The van der Waals surface area contributed by atoms with Crippen LogP contribution in [-0.4, -0.2) is 42.4 Å². The molecule has 2 fully saturated rings. The number of nitrogens with zero attached hydrogens (tertiary/aromatic N) is 3. The lowest BCUT2D eigenvalue weighted by atomic mass is 10.0. The molecule has 2 aromatic rings. The molecule has 0 aromatic carbocycles. The van der Waals surface area contributed by atoms with Crippen LogP contribution < -0.4 is 10.2 Å². The van der Waals surface area contributed by atoms with Gasteiger partial charge in [0.15, 0.2) is 0 Å². The summed E-state index contributed by atoms with van der Waals surface area (Å²) in [4.78, 5) is 18.9. The normalized spacial score (nSPS) is 18.5. The van der Waals surface area contributed by atoms with E-state index in [9.17, 15) is 4.79 Å². The second-order valence-electron chi connectivity index (χ2n) is 6.56. The molecular weight excluding hydrogens is 320 g/mol. The number of amides is 1. The van der Waals surface area contributed by atoms with Crippen molar-refractivity contribution in [2.75, 3.05) is 36.5 Å². The van der Waals surface area contributed by atoms with E-state index in [1.54, 1.807) is 12.3 Å². The van der Waals surface area contributed by atoms with Crippen molar-refractivity contribution in [2.45, 2.75) is 31.6 Å². The third kappa shape index (κ3) is 3.66. The largest absolute Gasteiger partial charge is 0.378 e. The summed E-state index contributed by atoms with van der Waals surface area (Å²) in [5.41, 5.74) is 1.53. The molecule has 4 rings (SSSR count). The van der Waals surface area contributed by atoms with Gasteiger partial charge in [0, 0.05) is 25.1 Å². The van der Waals surface area contributed by atoms with Gasteiger partial charge in [-0.2, -0.15) is 0 Å². The Morgan fingerprint density at radius 3 is 2.72 bits per heavy atom. The maximum atomic E-state index is 12.3. The Kier molecular flexibility index (Phi) is 4.65. The van der Waals surface area contributed by atoms with Crippen LogP contribution in [0.2, 0.25) is 0 Å². The van der Waals surface area contributed by atoms with E-state index in [-0.39, 0.29) is 11.7 Å². The molecule has 132 valence electrons. The average molecular weight is 342 g/mol. The van der Waals surface area contributed by atoms with Gasteiger partial charge in [-0.15, -0.1) is 0 Å². The molecule has 7 heteroatoms. The first-order valence-electron chi connectivity index (χ1n) is 8.86. The number of anilines is 2. The second-order valence-corrected chi connectivity index (χ2v) is 6.56. The summed E-state index contributed by atoms with van der Waals surface area (Å²) in [7, 11) is 0. The minimum absolute atomic E-state index is 0.249. The van der Waals surface area contributed by atoms with Gasteiger partial charge in [0.25, 0.3) is 5.91 Å². The molecule has 0 radical (unpaired) electrons. The highest BCUT2D eigenvalue weighted by Gasteiger charge is 2.23. The molecule has 0 spiro atoms. The Morgan fingerprint density at radius 1 is 1.20 bits per heavy atom. The molecule has 1 amide bonds. The van der Waals surface area contributed by atoms with Crippen LogP contribution in [0.15, 0.2) is 28.9 Å². The van der Waals surface area contributed by atoms with Crippen molar-refractivity contribution in [3.63, 3.8) is 0 Å². The molecule has 0 bridgehead atoms. The number of ether oxygens (including phenoxy) is 1. The predicted molar refractivity (Wildman–Crippen MR) is 92.9 cm³/mol. The Labute approximate surface area is 146 Å². The van der Waals surface area contributed by atoms with Crippen LogP contribution in [0.5, 0.6) is 0 Å². The number of nitrogens with one attached hydrogen (secondary N) is 1. The summed E-state index contributed by atoms with van der Waals surface area (Å²) in [6.07, 6.45) is 6.36. The van der Waals surface area contributed by atoms with Crippen molar-refractivity contribution in [3.8, 4) is 0 Å². The number of rotatable bonds is 4. The van der Waals surface area contributed by atoms with Crippen LogP contribution >= 0.6 is 0 Å². The Bertz CT molecular complexity index is 716. The summed E-state index contributed by atoms with van der Waals surface area (Å²) in [5.74, 6) is 1.28. The van der Waals surface area contributed by atoms with E-state index < -0.39 is 0 Å². The van der Waals surface area contributed by atoms with Gasteiger partial charge >= 0.3 is 0 Å². The van der Waals surface area contributed by atoms with Crippen LogP contribution in [0, 0.1) is 0 Å². The third-order valence-electron chi connectivity index (χ3n) is 4.87. The van der Waals surface area contributed by atoms with Gasteiger partial charge in [-0.05, 0) is 25.0 Å². The molecule has 1 aliphatic carbocycles. The molecule has 0 atom stereocenters. The third-order valence-corrected chi connectivity index (χ3v) is 4.87. The van der Waals surface area contributed by atoms with Gasteiger partial charge in [-0.3, -0.25) is 4.79 Å². The fourth-order valence-corrected chi connectivity index (χ4v) is 3.44. The molecule has 25 heavy (non-hydrogen) atoms. The van der Waals surface area contributed by atoms with E-state index in [1.807, 2.05) is 12.1 Å². The van der Waals surface area contributed by atoms with Gasteiger partial charge in [0.05, 0.1) is 30.8 Å². The summed E-state index contributed by atoms with van der Waals surface area (Å²) < 4.78 is 10.6. The van der Waals surface area contributed by atoms with Gasteiger partial charge in [0.1, 0.15) is 5.82 Å². The lowest BCUT2D eigenvalue weighted by Crippen LogP contribution is -2.36. The molecule has 1 N–H and O–H groups in total. The number of hydrogen-bond donors (Lipinski definition) is 1. The van der Waals surface area contributed by atoms with E-state index >= 15 is 0 Å². The van der Waals surface area contributed by atoms with E-state index in [1.165, 1.54) is 12.8 Å². The van der Waals surface area contributed by atoms with Crippen molar-refractivity contribution >= 4 is 17.4 Å². The van der Waals surface area contributed by atoms with E-state index in [0.717, 1.165) is 50.7 Å². The van der Waals surface area contributed by atoms with Gasteiger partial charge in [-0.1, -0.05) is 18.0 Å². The van der Waals surface area contributed by atoms with Crippen LogP contribution in [-0.2, 0) is 4.74 Å². The number of carbonyl (C=O) groups excluding carboxylic acids is 1. The molecule has 1 saturated heterocycles. The first kappa shape index (κ1) is 16.1. The highest BCUT2D eigenvalue weighted by molar-refractivity contribution is 6.02. The smallest absolute Gasteiger partial charge is 0.294 e. The fourth-order valence-electron chi connectivity index (χ4n) is 3.44. The number of hydrogen-bond acceptors (Lipinski definition) is 6. The highest BCUT2D eigenvalue weighted by atomic mass is 16.5. The minimum atomic E-state index is -0.294. The molecule has 2 aromatic heterocycles. The quantitative estimate of drug-likeness (QED) is 0.920. The van der Waals surface area contributed by atoms with Crippen molar-refractivity contribution in [2.24, 2.45) is 0 Å². The molecule has 3 heterocycles. The Balaban J connectivity index is 1.38. The predicted octanol–water partition coefficient (Wildman–Crippen LogP) is 2.82. The molecule has 7 nitrogen and oxygen atoms in total. The van der Waals surface area contributed by atoms with Crippen LogP contribution in [0.3, 0.4) is 0 Å². The summed E-state index contributed by atoms with van der Waals surface area (Å²) >= 11 is 0. The SMILES string of the molecule is O=C(Nc1ccc(N2CCOCC2)nc1)c1cc(C2CCCC2)no1. The summed E-state index contributed by atoms with van der Waals surface area (Å²) in [6, 6.07) is 5.52. The average Bonchev–Trinajstić information content (AvgIpc) is 3.35. The minimum Gasteiger partial charge on any atom is -0.378 e. The van der Waals surface area contributed by atoms with Crippen molar-refractivity contribution in [1.29, 1.82) is 0 Å². The van der Waals surface area contributed by atoms with E-state index in [2.05, 4.69) is 20.4 Å². The molecular formula is C18H22N4O3. The maximum absolute atomic E-state index is 12.3. The zero-order valence-electron chi connectivity index (χ0n) is 14.1. The fraction of sp³-hybridized carbons (Fsp3) is 0.500. The van der Waals surface area contributed by atoms with Crippen LogP contribution in [0.4, 0.5) is 11.5 Å². The summed E-state index contributed by atoms with van der Waals surface area (Å²) in [5, 5.41) is 6.88.